The average molecular weight is 620 g/mol. The van der Waals surface area contributed by atoms with Crippen molar-refractivity contribution in [3.63, 3.8) is 0 Å². The SMILES string of the molecule is CCC(=O)Nc1cnn(-c2nc(NCc3cccc(I)c3)c3ncn([C@@H]4O[C@H](CO)[C@@H](O)[C@H]4O)c3n2)c1. The van der Waals surface area contributed by atoms with Crippen molar-refractivity contribution in [2.45, 2.75) is 44.4 Å². The normalized spacial score (nSPS) is 21.4. The minimum atomic E-state index is -1.31. The third-order valence-electron chi connectivity index (χ3n) is 5.94. The fourth-order valence-corrected chi connectivity index (χ4v) is 4.61. The molecule has 1 aliphatic rings. The summed E-state index contributed by atoms with van der Waals surface area (Å²) in [6, 6.07) is 8.00. The van der Waals surface area contributed by atoms with Gasteiger partial charge in [-0.1, -0.05) is 19.1 Å². The quantitative estimate of drug-likeness (QED) is 0.180. The summed E-state index contributed by atoms with van der Waals surface area (Å²) < 4.78 is 9.69. The molecule has 4 aromatic rings. The molecule has 5 rings (SSSR count). The highest BCUT2D eigenvalue weighted by atomic mass is 127. The lowest BCUT2D eigenvalue weighted by Crippen LogP contribution is -2.33. The molecule has 0 saturated carbocycles. The predicted octanol–water partition coefficient (Wildman–Crippen LogP) is 1.19. The number of aliphatic hydroxyl groups excluding tert-OH is 3. The van der Waals surface area contributed by atoms with Gasteiger partial charge in [0, 0.05) is 16.5 Å². The van der Waals surface area contributed by atoms with Gasteiger partial charge >= 0.3 is 0 Å². The second kappa shape index (κ2) is 10.7. The molecule has 0 unspecified atom stereocenters. The number of aliphatic hydroxyl groups is 3. The number of carbonyl (C=O) groups excluding carboxylic acids is 1. The van der Waals surface area contributed by atoms with Gasteiger partial charge in [-0.05, 0) is 40.3 Å². The van der Waals surface area contributed by atoms with Crippen LogP contribution in [0.15, 0.2) is 43.0 Å². The van der Waals surface area contributed by atoms with Crippen molar-refractivity contribution in [3.05, 3.63) is 52.1 Å². The monoisotopic (exact) mass is 620 g/mol. The highest BCUT2D eigenvalue weighted by Gasteiger charge is 2.44. The van der Waals surface area contributed by atoms with Gasteiger partial charge in [-0.3, -0.25) is 9.36 Å². The van der Waals surface area contributed by atoms with Crippen LogP contribution < -0.4 is 10.6 Å². The molecule has 0 radical (unpaired) electrons. The molecule has 4 heterocycles. The minimum absolute atomic E-state index is 0.154. The standard InChI is InChI=1S/C23H25IN8O5/c1-2-16(34)28-14-8-27-32(9-14)23-29-20(25-7-12-4-3-5-13(24)6-12)17-21(30-23)31(11-26-17)22-19(36)18(35)15(10-33)37-22/h3-6,8-9,11,15,18-19,22,33,35-36H,2,7,10H2,1H3,(H,28,34)(H,25,29,30)/t15-,18-,19-,22-/m1/s1. The molecule has 194 valence electrons. The van der Waals surface area contributed by atoms with E-state index < -0.39 is 31.1 Å². The van der Waals surface area contributed by atoms with Crippen molar-refractivity contribution < 1.29 is 24.9 Å². The number of nitrogens with one attached hydrogen (secondary N) is 2. The van der Waals surface area contributed by atoms with Gasteiger partial charge < -0.3 is 30.7 Å². The Morgan fingerprint density at radius 1 is 1.24 bits per heavy atom. The Kier molecular flexibility index (Phi) is 7.34. The number of halogens is 1. The Balaban J connectivity index is 1.55. The second-order valence-electron chi connectivity index (χ2n) is 8.48. The molecule has 0 aliphatic carbocycles. The molecule has 0 spiro atoms. The van der Waals surface area contributed by atoms with Crippen molar-refractivity contribution in [3.8, 4) is 5.95 Å². The summed E-state index contributed by atoms with van der Waals surface area (Å²) in [5, 5.41) is 40.7. The number of imidazole rings is 1. The number of hydrogen-bond donors (Lipinski definition) is 5. The molecule has 3 aromatic heterocycles. The molecule has 1 amide bonds. The average Bonchev–Trinajstić information content (AvgIpc) is 3.60. The van der Waals surface area contributed by atoms with Crippen LogP contribution in [0.2, 0.25) is 0 Å². The zero-order valence-electron chi connectivity index (χ0n) is 19.7. The van der Waals surface area contributed by atoms with E-state index in [9.17, 15) is 20.1 Å². The number of benzene rings is 1. The maximum absolute atomic E-state index is 11.8. The van der Waals surface area contributed by atoms with Crippen LogP contribution in [0.25, 0.3) is 17.1 Å². The molecule has 1 fully saturated rings. The van der Waals surface area contributed by atoms with E-state index in [1.165, 1.54) is 21.8 Å². The maximum Gasteiger partial charge on any atom is 0.254 e. The van der Waals surface area contributed by atoms with E-state index in [1.54, 1.807) is 13.1 Å². The first-order valence-electron chi connectivity index (χ1n) is 11.6. The summed E-state index contributed by atoms with van der Waals surface area (Å²) in [6.07, 6.45) is 0.279. The Morgan fingerprint density at radius 3 is 2.81 bits per heavy atom. The largest absolute Gasteiger partial charge is 0.394 e. The molecule has 14 heteroatoms. The van der Waals surface area contributed by atoms with Gasteiger partial charge in [-0.25, -0.2) is 9.67 Å². The Hall–Kier alpha value is -3.18. The maximum atomic E-state index is 11.8. The Bertz CT molecular complexity index is 1430. The van der Waals surface area contributed by atoms with Crippen LogP contribution in [-0.2, 0) is 16.1 Å². The first-order chi connectivity index (χ1) is 17.9. The fraction of sp³-hybridized carbons (Fsp3) is 0.348. The van der Waals surface area contributed by atoms with E-state index in [-0.39, 0.29) is 11.9 Å². The van der Waals surface area contributed by atoms with Gasteiger partial charge in [-0.2, -0.15) is 15.1 Å². The van der Waals surface area contributed by atoms with Gasteiger partial charge in [0.15, 0.2) is 23.2 Å². The molecule has 37 heavy (non-hydrogen) atoms. The van der Waals surface area contributed by atoms with Gasteiger partial charge in [0.1, 0.15) is 18.3 Å². The number of rotatable bonds is 8. The van der Waals surface area contributed by atoms with Crippen molar-refractivity contribution in [2.75, 3.05) is 17.2 Å². The van der Waals surface area contributed by atoms with E-state index in [1.807, 2.05) is 24.3 Å². The summed E-state index contributed by atoms with van der Waals surface area (Å²) in [5.41, 5.74) is 2.26. The molecular formula is C23H25IN8O5. The highest BCUT2D eigenvalue weighted by Crippen LogP contribution is 2.32. The number of amides is 1. The van der Waals surface area contributed by atoms with Crippen LogP contribution >= 0.6 is 22.6 Å². The third-order valence-corrected chi connectivity index (χ3v) is 6.61. The number of ether oxygens (including phenoxy) is 1. The topological polar surface area (TPSA) is 172 Å². The van der Waals surface area contributed by atoms with Crippen molar-refractivity contribution >= 4 is 51.2 Å². The lowest BCUT2D eigenvalue weighted by atomic mass is 10.1. The lowest BCUT2D eigenvalue weighted by Gasteiger charge is -2.17. The van der Waals surface area contributed by atoms with Crippen LogP contribution in [0.5, 0.6) is 0 Å². The number of fused-ring (bicyclic) bond motifs is 1. The summed E-state index contributed by atoms with van der Waals surface area (Å²) in [7, 11) is 0. The summed E-state index contributed by atoms with van der Waals surface area (Å²) in [6.45, 7) is 1.76. The van der Waals surface area contributed by atoms with Crippen LogP contribution in [0, 0.1) is 3.57 Å². The van der Waals surface area contributed by atoms with E-state index in [0.717, 1.165) is 9.13 Å². The summed E-state index contributed by atoms with van der Waals surface area (Å²) in [5.74, 6) is 0.445. The number of hydrogen-bond acceptors (Lipinski definition) is 10. The Morgan fingerprint density at radius 2 is 2.08 bits per heavy atom. The fourth-order valence-electron chi connectivity index (χ4n) is 4.01. The van der Waals surface area contributed by atoms with Crippen molar-refractivity contribution in [2.24, 2.45) is 0 Å². The first kappa shape index (κ1) is 25.5. The molecule has 1 saturated heterocycles. The third kappa shape index (κ3) is 5.15. The minimum Gasteiger partial charge on any atom is -0.394 e. The smallest absolute Gasteiger partial charge is 0.254 e. The molecule has 1 aliphatic heterocycles. The molecule has 1 aromatic carbocycles. The molecule has 5 N–H and O–H groups in total. The lowest BCUT2D eigenvalue weighted by molar-refractivity contribution is -0.115. The van der Waals surface area contributed by atoms with E-state index in [4.69, 9.17) is 4.74 Å². The van der Waals surface area contributed by atoms with E-state index in [2.05, 4.69) is 53.3 Å². The number of carbonyl (C=O) groups is 1. The van der Waals surface area contributed by atoms with Crippen LogP contribution in [0.4, 0.5) is 11.5 Å². The predicted molar refractivity (Wildman–Crippen MR) is 141 cm³/mol. The molecule has 13 nitrogen and oxygen atoms in total. The van der Waals surface area contributed by atoms with Gasteiger partial charge in [0.25, 0.3) is 5.95 Å². The number of anilines is 2. The molecule has 0 bridgehead atoms. The number of aromatic nitrogens is 6. The molecule has 4 atom stereocenters. The van der Waals surface area contributed by atoms with Gasteiger partial charge in [0.2, 0.25) is 5.91 Å². The summed E-state index contributed by atoms with van der Waals surface area (Å²) >= 11 is 2.25. The summed E-state index contributed by atoms with van der Waals surface area (Å²) in [4.78, 5) is 25.5. The molecular weight excluding hydrogens is 595 g/mol. The van der Waals surface area contributed by atoms with Gasteiger partial charge in [-0.15, -0.1) is 0 Å². The van der Waals surface area contributed by atoms with E-state index >= 15 is 0 Å². The van der Waals surface area contributed by atoms with Gasteiger partial charge in [0.05, 0.1) is 31.0 Å². The van der Waals surface area contributed by atoms with Crippen molar-refractivity contribution in [1.29, 1.82) is 0 Å². The van der Waals surface area contributed by atoms with Crippen LogP contribution in [-0.4, -0.2) is 75.4 Å². The number of nitrogens with zero attached hydrogens (tertiary/aromatic N) is 6. The van der Waals surface area contributed by atoms with Crippen molar-refractivity contribution in [1.82, 2.24) is 29.3 Å². The van der Waals surface area contributed by atoms with E-state index in [0.29, 0.717) is 35.6 Å². The zero-order valence-corrected chi connectivity index (χ0v) is 21.8. The highest BCUT2D eigenvalue weighted by molar-refractivity contribution is 14.1. The zero-order chi connectivity index (χ0) is 26.1. The van der Waals surface area contributed by atoms with Crippen LogP contribution in [0.1, 0.15) is 25.1 Å². The van der Waals surface area contributed by atoms with Crippen LogP contribution in [0.3, 0.4) is 0 Å². The Labute approximate surface area is 224 Å². The first-order valence-corrected chi connectivity index (χ1v) is 12.7. The second-order valence-corrected chi connectivity index (χ2v) is 9.73.